The summed E-state index contributed by atoms with van der Waals surface area (Å²) in [6, 6.07) is 17.5. The lowest BCUT2D eigenvalue weighted by Gasteiger charge is -2.19. The Kier molecular flexibility index (Phi) is 4.80. The molecule has 3 heterocycles. The molecule has 0 atom stereocenters. The summed E-state index contributed by atoms with van der Waals surface area (Å²) in [7, 11) is 2.07. The van der Waals surface area contributed by atoms with Gasteiger partial charge in [0.1, 0.15) is 13.2 Å². The summed E-state index contributed by atoms with van der Waals surface area (Å²) in [5.74, 6) is 1.34. The normalized spacial score (nSPS) is 12.7. The number of benzene rings is 2. The van der Waals surface area contributed by atoms with Crippen LogP contribution in [0.3, 0.4) is 0 Å². The number of aryl methyl sites for hydroxylation is 1. The van der Waals surface area contributed by atoms with E-state index in [-0.39, 0.29) is 6.03 Å². The summed E-state index contributed by atoms with van der Waals surface area (Å²) in [6.07, 6.45) is 0. The average Bonchev–Trinajstić information content (AvgIpc) is 3.39. The van der Waals surface area contributed by atoms with Gasteiger partial charge >= 0.3 is 6.03 Å². The molecule has 0 saturated carbocycles. The molecule has 7 heteroatoms. The van der Waals surface area contributed by atoms with Gasteiger partial charge in [-0.3, -0.25) is 0 Å². The van der Waals surface area contributed by atoms with Gasteiger partial charge in [0.05, 0.1) is 10.6 Å². The van der Waals surface area contributed by atoms with Crippen LogP contribution in [-0.4, -0.2) is 23.8 Å². The summed E-state index contributed by atoms with van der Waals surface area (Å²) in [4.78, 5) is 13.8. The molecule has 1 aliphatic heterocycles. The Morgan fingerprint density at radius 3 is 2.73 bits per heavy atom. The summed E-state index contributed by atoms with van der Waals surface area (Å²) < 4.78 is 13.3. The molecule has 6 nitrogen and oxygen atoms in total. The van der Waals surface area contributed by atoms with Crippen LogP contribution in [0.25, 0.3) is 21.5 Å². The van der Waals surface area contributed by atoms with Gasteiger partial charge in [0, 0.05) is 41.8 Å². The van der Waals surface area contributed by atoms with Crippen molar-refractivity contribution in [2.45, 2.75) is 6.54 Å². The first-order valence-electron chi connectivity index (χ1n) is 9.75. The number of carbonyl (C=O) groups excluding carboxylic acids is 1. The molecule has 2 aromatic carbocycles. The molecule has 0 unspecified atom stereocenters. The van der Waals surface area contributed by atoms with Gasteiger partial charge in [-0.05, 0) is 29.6 Å². The lowest BCUT2D eigenvalue weighted by Crippen LogP contribution is -2.28. The number of carbonyl (C=O) groups is 1. The topological polar surface area (TPSA) is 64.5 Å². The largest absolute Gasteiger partial charge is 0.486 e. The number of thiophene rings is 1. The third-order valence-electron chi connectivity index (χ3n) is 5.19. The Morgan fingerprint density at radius 2 is 1.90 bits per heavy atom. The highest BCUT2D eigenvalue weighted by Crippen LogP contribution is 2.35. The van der Waals surface area contributed by atoms with Crippen LogP contribution in [0.4, 0.5) is 10.5 Å². The lowest BCUT2D eigenvalue weighted by atomic mass is 10.1. The maximum Gasteiger partial charge on any atom is 0.319 e. The molecule has 0 fully saturated rings. The fourth-order valence-electron chi connectivity index (χ4n) is 3.84. The number of aromatic nitrogens is 1. The Hall–Kier alpha value is -3.45. The van der Waals surface area contributed by atoms with Crippen LogP contribution in [0.15, 0.2) is 60.0 Å². The van der Waals surface area contributed by atoms with Crippen LogP contribution < -0.4 is 20.1 Å². The minimum atomic E-state index is -0.267. The minimum absolute atomic E-state index is 0.267. The lowest BCUT2D eigenvalue weighted by molar-refractivity contribution is 0.171. The smallest absolute Gasteiger partial charge is 0.319 e. The van der Waals surface area contributed by atoms with Crippen LogP contribution in [0.2, 0.25) is 0 Å². The van der Waals surface area contributed by atoms with E-state index in [2.05, 4.69) is 45.8 Å². The molecule has 0 aliphatic carbocycles. The summed E-state index contributed by atoms with van der Waals surface area (Å²) >= 11 is 1.69. The zero-order chi connectivity index (χ0) is 20.5. The third kappa shape index (κ3) is 3.37. The molecule has 1 aliphatic rings. The Morgan fingerprint density at radius 1 is 1.07 bits per heavy atom. The number of anilines is 1. The summed E-state index contributed by atoms with van der Waals surface area (Å²) in [6.45, 7) is 1.47. The van der Waals surface area contributed by atoms with Crippen molar-refractivity contribution in [2.24, 2.45) is 7.05 Å². The molecular weight excluding hydrogens is 398 g/mol. The fraction of sp³-hybridized carbons (Fsp3) is 0.174. The van der Waals surface area contributed by atoms with Crippen LogP contribution in [0.5, 0.6) is 11.5 Å². The molecular formula is C23H21N3O3S. The highest BCUT2D eigenvalue weighted by atomic mass is 32.1. The second kappa shape index (κ2) is 7.76. The van der Waals surface area contributed by atoms with E-state index in [9.17, 15) is 4.79 Å². The van der Waals surface area contributed by atoms with E-state index in [1.807, 2.05) is 30.3 Å². The SMILES string of the molecule is Cn1c(-c2cccs2)c(CNC(=O)Nc2ccc3c(c2)OCCO3)c2ccccc21. The predicted octanol–water partition coefficient (Wildman–Crippen LogP) is 5.00. The predicted molar refractivity (Wildman–Crippen MR) is 120 cm³/mol. The zero-order valence-corrected chi connectivity index (χ0v) is 17.3. The Labute approximate surface area is 178 Å². The zero-order valence-electron chi connectivity index (χ0n) is 16.5. The maximum absolute atomic E-state index is 12.6. The van der Waals surface area contributed by atoms with E-state index in [1.165, 1.54) is 4.88 Å². The summed E-state index contributed by atoms with van der Waals surface area (Å²) in [5, 5.41) is 9.10. The van der Waals surface area contributed by atoms with Gasteiger partial charge in [-0.2, -0.15) is 0 Å². The van der Waals surface area contributed by atoms with Gasteiger partial charge in [0.2, 0.25) is 0 Å². The Balaban J connectivity index is 1.37. The van der Waals surface area contributed by atoms with E-state index in [1.54, 1.807) is 17.4 Å². The van der Waals surface area contributed by atoms with Gasteiger partial charge in [-0.25, -0.2) is 4.79 Å². The van der Waals surface area contributed by atoms with Crippen molar-refractivity contribution in [1.82, 2.24) is 9.88 Å². The number of para-hydroxylation sites is 1. The molecule has 2 aromatic heterocycles. The number of nitrogens with zero attached hydrogens (tertiary/aromatic N) is 1. The van der Waals surface area contributed by atoms with E-state index in [4.69, 9.17) is 9.47 Å². The monoisotopic (exact) mass is 419 g/mol. The number of ether oxygens (including phenoxy) is 2. The first-order chi connectivity index (χ1) is 14.7. The van der Waals surface area contributed by atoms with Gasteiger partial charge in [0.25, 0.3) is 0 Å². The molecule has 0 saturated heterocycles. The van der Waals surface area contributed by atoms with E-state index >= 15 is 0 Å². The van der Waals surface area contributed by atoms with Crippen LogP contribution >= 0.6 is 11.3 Å². The molecule has 0 radical (unpaired) electrons. The molecule has 5 rings (SSSR count). The van der Waals surface area contributed by atoms with Gasteiger partial charge in [-0.15, -0.1) is 11.3 Å². The molecule has 0 spiro atoms. The molecule has 0 bridgehead atoms. The van der Waals surface area contributed by atoms with Crippen molar-refractivity contribution in [3.05, 3.63) is 65.5 Å². The standard InChI is InChI=1S/C23H21N3O3S/c1-26-18-6-3-2-5-16(18)17(22(26)21-7-4-12-30-21)14-24-23(27)25-15-8-9-19-20(13-15)29-11-10-28-19/h2-9,12-13H,10-11,14H2,1H3,(H2,24,25,27). The minimum Gasteiger partial charge on any atom is -0.486 e. The highest BCUT2D eigenvalue weighted by molar-refractivity contribution is 7.13. The number of hydrogen-bond acceptors (Lipinski definition) is 4. The van der Waals surface area contributed by atoms with Crippen molar-refractivity contribution in [3.63, 3.8) is 0 Å². The van der Waals surface area contributed by atoms with E-state index in [0.29, 0.717) is 36.9 Å². The molecule has 2 N–H and O–H groups in total. The number of rotatable bonds is 4. The fourth-order valence-corrected chi connectivity index (χ4v) is 4.68. The number of amides is 2. The van der Waals surface area contributed by atoms with E-state index in [0.717, 1.165) is 22.2 Å². The van der Waals surface area contributed by atoms with Crippen molar-refractivity contribution < 1.29 is 14.3 Å². The van der Waals surface area contributed by atoms with Crippen molar-refractivity contribution in [1.29, 1.82) is 0 Å². The quantitative estimate of drug-likeness (QED) is 0.489. The maximum atomic E-state index is 12.6. The van der Waals surface area contributed by atoms with Crippen molar-refractivity contribution in [3.8, 4) is 22.1 Å². The highest BCUT2D eigenvalue weighted by Gasteiger charge is 2.18. The molecule has 152 valence electrons. The van der Waals surface area contributed by atoms with Crippen molar-refractivity contribution in [2.75, 3.05) is 18.5 Å². The van der Waals surface area contributed by atoms with Crippen molar-refractivity contribution >= 4 is 34.0 Å². The average molecular weight is 420 g/mol. The van der Waals surface area contributed by atoms with Gasteiger partial charge in [-0.1, -0.05) is 24.3 Å². The van der Waals surface area contributed by atoms with E-state index < -0.39 is 0 Å². The molecule has 4 aromatic rings. The summed E-state index contributed by atoms with van der Waals surface area (Å²) in [5.41, 5.74) is 4.04. The number of fused-ring (bicyclic) bond motifs is 2. The van der Waals surface area contributed by atoms with Crippen LogP contribution in [0, 0.1) is 0 Å². The first-order valence-corrected chi connectivity index (χ1v) is 10.6. The van der Waals surface area contributed by atoms with Gasteiger partial charge in [0.15, 0.2) is 11.5 Å². The van der Waals surface area contributed by atoms with Gasteiger partial charge < -0.3 is 24.7 Å². The third-order valence-corrected chi connectivity index (χ3v) is 6.07. The second-order valence-electron chi connectivity index (χ2n) is 7.05. The molecule has 2 amide bonds. The van der Waals surface area contributed by atoms with Crippen LogP contribution in [-0.2, 0) is 13.6 Å². The Bertz CT molecular complexity index is 1210. The second-order valence-corrected chi connectivity index (χ2v) is 7.99. The van der Waals surface area contributed by atoms with Crippen LogP contribution in [0.1, 0.15) is 5.56 Å². The molecule has 30 heavy (non-hydrogen) atoms. The number of hydrogen-bond donors (Lipinski definition) is 2. The number of urea groups is 1. The number of nitrogens with one attached hydrogen (secondary N) is 2. The first kappa shape index (κ1) is 18.6.